The lowest BCUT2D eigenvalue weighted by atomic mass is 10.4. The van der Waals surface area contributed by atoms with Crippen LogP contribution < -0.4 is 0 Å². The van der Waals surface area contributed by atoms with Crippen LogP contribution in [0.15, 0.2) is 0 Å². The molecule has 10 heavy (non-hydrogen) atoms. The Balaban J connectivity index is 2.66. The van der Waals surface area contributed by atoms with Crippen molar-refractivity contribution in [2.24, 2.45) is 5.92 Å². The molecule has 0 aliphatic heterocycles. The molecular weight excluding hydrogens is 162 g/mol. The Hall–Kier alpha value is -0.420. The van der Waals surface area contributed by atoms with E-state index in [4.69, 9.17) is 0 Å². The lowest BCUT2D eigenvalue weighted by molar-refractivity contribution is -0.168. The SMILES string of the molecule is FC1C(C(F)(F)F)C1(F)F. The molecule has 6 heteroatoms. The molecule has 60 valence electrons. The molecule has 1 saturated carbocycles. The van der Waals surface area contributed by atoms with Gasteiger partial charge < -0.3 is 0 Å². The van der Waals surface area contributed by atoms with Gasteiger partial charge in [0.25, 0.3) is 5.92 Å². The minimum absolute atomic E-state index is 3.03. The molecule has 0 nitrogen and oxygen atoms in total. The van der Waals surface area contributed by atoms with E-state index in [1.54, 1.807) is 0 Å². The van der Waals surface area contributed by atoms with Gasteiger partial charge in [0.1, 0.15) is 0 Å². The molecular formula is C4H2F6. The fraction of sp³-hybridized carbons (Fsp3) is 1.00. The molecule has 0 aromatic carbocycles. The Labute approximate surface area is 51.8 Å². The Bertz CT molecular complexity index is 136. The van der Waals surface area contributed by atoms with Crippen molar-refractivity contribution in [2.45, 2.75) is 18.3 Å². The van der Waals surface area contributed by atoms with E-state index in [0.717, 1.165) is 0 Å². The summed E-state index contributed by atoms with van der Waals surface area (Å²) in [5, 5.41) is 0. The van der Waals surface area contributed by atoms with Crippen molar-refractivity contribution in [2.75, 3.05) is 0 Å². The first kappa shape index (κ1) is 7.68. The molecule has 0 N–H and O–H groups in total. The van der Waals surface area contributed by atoms with Gasteiger partial charge in [0.15, 0.2) is 12.1 Å². The summed E-state index contributed by atoms with van der Waals surface area (Å²) in [7, 11) is 0. The molecule has 1 aliphatic carbocycles. The smallest absolute Gasteiger partial charge is 0.240 e. The summed E-state index contributed by atoms with van der Waals surface area (Å²) in [5.74, 6) is -7.25. The van der Waals surface area contributed by atoms with Gasteiger partial charge in [-0.2, -0.15) is 13.2 Å². The van der Waals surface area contributed by atoms with E-state index in [1.165, 1.54) is 0 Å². The van der Waals surface area contributed by atoms with Crippen molar-refractivity contribution in [3.05, 3.63) is 0 Å². The molecule has 2 unspecified atom stereocenters. The Morgan fingerprint density at radius 3 is 1.40 bits per heavy atom. The largest absolute Gasteiger partial charge is 0.400 e. The van der Waals surface area contributed by atoms with Crippen LogP contribution in [0.1, 0.15) is 0 Å². The van der Waals surface area contributed by atoms with Crippen LogP contribution in [0, 0.1) is 5.92 Å². The minimum atomic E-state index is -5.11. The van der Waals surface area contributed by atoms with Crippen LogP contribution in [-0.2, 0) is 0 Å². The average Bonchev–Trinajstić information content (AvgIpc) is 2.03. The predicted octanol–water partition coefficient (Wildman–Crippen LogP) is 2.15. The number of alkyl halides is 6. The third-order valence-electron chi connectivity index (χ3n) is 1.32. The second kappa shape index (κ2) is 1.60. The van der Waals surface area contributed by atoms with Crippen LogP contribution in [0.25, 0.3) is 0 Å². The summed E-state index contributed by atoms with van der Waals surface area (Å²) in [6.07, 6.45) is -8.14. The number of halogens is 6. The molecule has 1 rings (SSSR count). The van der Waals surface area contributed by atoms with Gasteiger partial charge in [-0.25, -0.2) is 13.2 Å². The van der Waals surface area contributed by atoms with Crippen LogP contribution in [0.3, 0.4) is 0 Å². The van der Waals surface area contributed by atoms with Gasteiger partial charge in [-0.05, 0) is 0 Å². The van der Waals surface area contributed by atoms with E-state index in [-0.39, 0.29) is 0 Å². The molecule has 0 spiro atoms. The van der Waals surface area contributed by atoms with Crippen molar-refractivity contribution in [3.63, 3.8) is 0 Å². The fourth-order valence-electron chi connectivity index (χ4n) is 0.674. The van der Waals surface area contributed by atoms with Crippen molar-refractivity contribution < 1.29 is 26.3 Å². The van der Waals surface area contributed by atoms with Gasteiger partial charge >= 0.3 is 6.18 Å². The Morgan fingerprint density at radius 1 is 1.10 bits per heavy atom. The van der Waals surface area contributed by atoms with Crippen molar-refractivity contribution in [1.29, 1.82) is 0 Å². The zero-order chi connectivity index (χ0) is 8.15. The van der Waals surface area contributed by atoms with Crippen LogP contribution in [0.4, 0.5) is 26.3 Å². The van der Waals surface area contributed by atoms with E-state index in [1.807, 2.05) is 0 Å². The van der Waals surface area contributed by atoms with Gasteiger partial charge in [0, 0.05) is 0 Å². The summed E-state index contributed by atoms with van der Waals surface area (Å²) in [6.45, 7) is 0. The third-order valence-corrected chi connectivity index (χ3v) is 1.32. The first-order valence-corrected chi connectivity index (χ1v) is 2.36. The maximum atomic E-state index is 11.6. The van der Waals surface area contributed by atoms with E-state index in [9.17, 15) is 26.3 Å². The van der Waals surface area contributed by atoms with Crippen LogP contribution in [-0.4, -0.2) is 18.3 Å². The molecule has 0 amide bonds. The molecule has 1 aliphatic rings. The third kappa shape index (κ3) is 0.856. The predicted molar refractivity (Wildman–Crippen MR) is 19.4 cm³/mol. The van der Waals surface area contributed by atoms with Crippen molar-refractivity contribution in [1.82, 2.24) is 0 Å². The second-order valence-corrected chi connectivity index (χ2v) is 2.10. The summed E-state index contributed by atoms with van der Waals surface area (Å²) >= 11 is 0. The monoisotopic (exact) mass is 164 g/mol. The van der Waals surface area contributed by atoms with Gasteiger partial charge in [-0.1, -0.05) is 0 Å². The van der Waals surface area contributed by atoms with E-state index in [0.29, 0.717) is 0 Å². The Kier molecular flexibility index (Phi) is 1.23. The van der Waals surface area contributed by atoms with Crippen LogP contribution in [0.2, 0.25) is 0 Å². The molecule has 1 fully saturated rings. The maximum Gasteiger partial charge on any atom is 0.400 e. The lowest BCUT2D eigenvalue weighted by Gasteiger charge is -2.01. The summed E-state index contributed by atoms with van der Waals surface area (Å²) < 4.78 is 68.6. The topological polar surface area (TPSA) is 0 Å². The van der Waals surface area contributed by atoms with E-state index >= 15 is 0 Å². The lowest BCUT2D eigenvalue weighted by Crippen LogP contribution is -2.15. The molecule has 0 aromatic heterocycles. The molecule has 0 aromatic rings. The van der Waals surface area contributed by atoms with Crippen LogP contribution in [0.5, 0.6) is 0 Å². The van der Waals surface area contributed by atoms with Gasteiger partial charge in [0.2, 0.25) is 0 Å². The maximum absolute atomic E-state index is 11.6. The highest BCUT2D eigenvalue weighted by Gasteiger charge is 2.80. The van der Waals surface area contributed by atoms with Crippen LogP contribution >= 0.6 is 0 Å². The van der Waals surface area contributed by atoms with E-state index < -0.39 is 24.2 Å². The van der Waals surface area contributed by atoms with Crippen molar-refractivity contribution in [3.8, 4) is 0 Å². The summed E-state index contributed by atoms with van der Waals surface area (Å²) in [4.78, 5) is 0. The minimum Gasteiger partial charge on any atom is -0.240 e. The molecule has 0 saturated heterocycles. The molecule has 2 atom stereocenters. The zero-order valence-electron chi connectivity index (χ0n) is 4.42. The van der Waals surface area contributed by atoms with Crippen molar-refractivity contribution >= 4 is 0 Å². The highest BCUT2D eigenvalue weighted by Crippen LogP contribution is 2.58. The zero-order valence-corrected chi connectivity index (χ0v) is 4.42. The molecule has 0 bridgehead atoms. The average molecular weight is 164 g/mol. The highest BCUT2D eigenvalue weighted by atomic mass is 19.4. The number of hydrogen-bond acceptors (Lipinski definition) is 0. The normalized spacial score (nSPS) is 37.8. The van der Waals surface area contributed by atoms with Gasteiger partial charge in [-0.15, -0.1) is 0 Å². The van der Waals surface area contributed by atoms with E-state index in [2.05, 4.69) is 0 Å². The highest BCUT2D eigenvalue weighted by molar-refractivity contribution is 5.10. The fourth-order valence-corrected chi connectivity index (χ4v) is 0.674. The molecule has 0 radical (unpaired) electrons. The Morgan fingerprint density at radius 2 is 1.40 bits per heavy atom. The standard InChI is InChI=1S/C4H2F6/c5-2-1(3(2,6)7)4(8,9)10/h1-2H. The first-order valence-electron chi connectivity index (χ1n) is 2.36. The summed E-state index contributed by atoms with van der Waals surface area (Å²) in [6, 6.07) is 0. The first-order chi connectivity index (χ1) is 4.28. The molecule has 0 heterocycles. The quantitative estimate of drug-likeness (QED) is 0.481. The second-order valence-electron chi connectivity index (χ2n) is 2.10. The number of rotatable bonds is 0. The number of hydrogen-bond donors (Lipinski definition) is 0. The van der Waals surface area contributed by atoms with Gasteiger partial charge in [0.05, 0.1) is 0 Å². The summed E-state index contributed by atoms with van der Waals surface area (Å²) in [5.41, 5.74) is 0. The van der Waals surface area contributed by atoms with Gasteiger partial charge in [-0.3, -0.25) is 0 Å².